The molecule has 0 amide bonds. The van der Waals surface area contributed by atoms with E-state index in [2.05, 4.69) is 157 Å². The van der Waals surface area contributed by atoms with Gasteiger partial charge >= 0.3 is 0 Å². The first-order chi connectivity index (χ1) is 23.2. The minimum atomic E-state index is 0.989. The van der Waals surface area contributed by atoms with Crippen LogP contribution in [-0.4, -0.2) is 9.55 Å². The van der Waals surface area contributed by atoms with Crippen molar-refractivity contribution in [3.8, 4) is 27.9 Å². The van der Waals surface area contributed by atoms with Crippen LogP contribution in [0.2, 0.25) is 0 Å². The lowest BCUT2D eigenvalue weighted by Gasteiger charge is -2.18. The molecule has 0 saturated heterocycles. The van der Waals surface area contributed by atoms with Gasteiger partial charge in [0.15, 0.2) is 0 Å². The smallest absolute Gasteiger partial charge is 0.111 e. The highest BCUT2D eigenvalue weighted by molar-refractivity contribution is 7.26. The van der Waals surface area contributed by atoms with E-state index in [-0.39, 0.29) is 0 Å². The number of fused-ring (bicyclic) bond motifs is 8. The molecule has 0 radical (unpaired) electrons. The highest BCUT2D eigenvalue weighted by Gasteiger charge is 2.18. The van der Waals surface area contributed by atoms with Gasteiger partial charge in [0, 0.05) is 25.9 Å². The summed E-state index contributed by atoms with van der Waals surface area (Å²) in [5, 5.41) is 10.3. The van der Waals surface area contributed by atoms with Gasteiger partial charge in [0.2, 0.25) is 0 Å². The molecule has 0 aliphatic rings. The molecule has 2 nitrogen and oxygen atoms in total. The summed E-state index contributed by atoms with van der Waals surface area (Å²) >= 11 is 1.90. The minimum absolute atomic E-state index is 0.989. The van der Waals surface area contributed by atoms with Crippen LogP contribution in [0.4, 0.5) is 0 Å². The van der Waals surface area contributed by atoms with Gasteiger partial charge in [-0.25, -0.2) is 4.98 Å². The van der Waals surface area contributed by atoms with Crippen molar-refractivity contribution < 1.29 is 0 Å². The van der Waals surface area contributed by atoms with E-state index in [4.69, 9.17) is 4.98 Å². The lowest BCUT2D eigenvalue weighted by molar-refractivity contribution is 1.00. The molecule has 2 aromatic heterocycles. The second-order valence-electron chi connectivity index (χ2n) is 12.3. The van der Waals surface area contributed by atoms with Crippen LogP contribution in [0, 0.1) is 6.92 Å². The van der Waals surface area contributed by atoms with E-state index in [1.165, 1.54) is 74.7 Å². The fourth-order valence-electron chi connectivity index (χ4n) is 7.66. The molecule has 8 aromatic carbocycles. The van der Waals surface area contributed by atoms with Crippen molar-refractivity contribution in [2.24, 2.45) is 0 Å². The number of hydrogen-bond donors (Lipinski definition) is 0. The van der Waals surface area contributed by atoms with E-state index in [1.54, 1.807) is 0 Å². The molecule has 0 fully saturated rings. The van der Waals surface area contributed by atoms with Crippen LogP contribution in [0.25, 0.3) is 91.5 Å². The number of para-hydroxylation sites is 2. The van der Waals surface area contributed by atoms with Gasteiger partial charge in [-0.15, -0.1) is 11.3 Å². The van der Waals surface area contributed by atoms with Crippen molar-refractivity contribution in [2.45, 2.75) is 6.92 Å². The molecular weight excluding hydrogens is 589 g/mol. The van der Waals surface area contributed by atoms with Gasteiger partial charge in [-0.1, -0.05) is 115 Å². The summed E-state index contributed by atoms with van der Waals surface area (Å²) in [5.41, 5.74) is 8.29. The highest BCUT2D eigenvalue weighted by atomic mass is 32.1. The first-order valence-electron chi connectivity index (χ1n) is 16.1. The molecule has 47 heavy (non-hydrogen) atoms. The number of aryl methyl sites for hydroxylation is 1. The van der Waals surface area contributed by atoms with Crippen LogP contribution in [-0.2, 0) is 0 Å². The molecule has 0 N–H and O–H groups in total. The number of imidazole rings is 1. The lowest BCUT2D eigenvalue weighted by Crippen LogP contribution is -1.97. The summed E-state index contributed by atoms with van der Waals surface area (Å²) in [7, 11) is 0. The van der Waals surface area contributed by atoms with Crippen molar-refractivity contribution in [2.75, 3.05) is 0 Å². The molecule has 0 spiro atoms. The fourth-order valence-corrected chi connectivity index (χ4v) is 8.88. The Labute approximate surface area is 275 Å². The zero-order chi connectivity index (χ0) is 31.1. The van der Waals surface area contributed by atoms with E-state index < -0.39 is 0 Å². The Hall–Kier alpha value is -5.77. The Morgan fingerprint density at radius 2 is 1.09 bits per heavy atom. The maximum Gasteiger partial charge on any atom is 0.111 e. The number of nitrogens with zero attached hydrogens (tertiary/aromatic N) is 2. The minimum Gasteiger partial charge on any atom is -0.297 e. The third kappa shape index (κ3) is 3.94. The normalized spacial score (nSPS) is 11.9. The molecule has 0 unspecified atom stereocenters. The first-order valence-corrected chi connectivity index (χ1v) is 16.9. The van der Waals surface area contributed by atoms with Crippen LogP contribution >= 0.6 is 11.3 Å². The maximum atomic E-state index is 4.80. The standard InChI is InChI=1S/C44H28N2S/c1-27-45-39-16-8-9-17-40(39)46(27)31-22-18-29(19-23-31)42-33-12-4-6-14-35(33)43(36-15-7-5-13-34(36)42)30-21-25-41-38(26-30)37-24-20-28-10-2-3-11-32(28)44(37)47-41/h2-26H,1H3. The molecule has 0 atom stereocenters. The Morgan fingerprint density at radius 3 is 1.81 bits per heavy atom. The van der Waals surface area contributed by atoms with Gasteiger partial charge in [-0.05, 0) is 97.9 Å². The van der Waals surface area contributed by atoms with Gasteiger partial charge in [-0.3, -0.25) is 4.57 Å². The molecule has 0 saturated carbocycles. The van der Waals surface area contributed by atoms with Crippen LogP contribution in [0.5, 0.6) is 0 Å². The number of aromatic nitrogens is 2. The Kier molecular flexibility index (Phi) is 5.69. The SMILES string of the molecule is Cc1nc2ccccc2n1-c1ccc(-c2c3ccccc3c(-c3ccc4sc5c6ccccc6ccc5c4c3)c3ccccc23)cc1. The molecule has 0 bridgehead atoms. The van der Waals surface area contributed by atoms with Crippen LogP contribution < -0.4 is 0 Å². The summed E-state index contributed by atoms with van der Waals surface area (Å²) in [6, 6.07) is 55.5. The Bertz CT molecular complexity index is 2800. The third-order valence-electron chi connectivity index (χ3n) is 9.72. The quantitative estimate of drug-likeness (QED) is 0.181. The van der Waals surface area contributed by atoms with E-state index >= 15 is 0 Å². The number of hydrogen-bond acceptors (Lipinski definition) is 2. The van der Waals surface area contributed by atoms with Crippen molar-refractivity contribution in [3.05, 3.63) is 157 Å². The van der Waals surface area contributed by atoms with Crippen LogP contribution in [0.15, 0.2) is 152 Å². The molecule has 3 heteroatoms. The zero-order valence-electron chi connectivity index (χ0n) is 25.7. The highest BCUT2D eigenvalue weighted by Crippen LogP contribution is 2.46. The van der Waals surface area contributed by atoms with Gasteiger partial charge in [-0.2, -0.15) is 0 Å². The largest absolute Gasteiger partial charge is 0.297 e. The lowest BCUT2D eigenvalue weighted by atomic mass is 9.85. The van der Waals surface area contributed by atoms with Gasteiger partial charge in [0.25, 0.3) is 0 Å². The van der Waals surface area contributed by atoms with Gasteiger partial charge in [0.05, 0.1) is 11.0 Å². The Morgan fingerprint density at radius 1 is 0.489 bits per heavy atom. The zero-order valence-corrected chi connectivity index (χ0v) is 26.6. The molecule has 10 aromatic rings. The van der Waals surface area contributed by atoms with Crippen molar-refractivity contribution in [1.82, 2.24) is 9.55 Å². The van der Waals surface area contributed by atoms with Crippen molar-refractivity contribution in [1.29, 1.82) is 0 Å². The van der Waals surface area contributed by atoms with Crippen LogP contribution in [0.1, 0.15) is 5.82 Å². The summed E-state index contributed by atoms with van der Waals surface area (Å²) in [5.74, 6) is 0.989. The number of thiophene rings is 1. The topological polar surface area (TPSA) is 17.8 Å². The summed E-state index contributed by atoms with van der Waals surface area (Å²) in [6.07, 6.45) is 0. The maximum absolute atomic E-state index is 4.80. The second kappa shape index (κ2) is 10.1. The number of rotatable bonds is 3. The van der Waals surface area contributed by atoms with E-state index in [9.17, 15) is 0 Å². The summed E-state index contributed by atoms with van der Waals surface area (Å²) in [4.78, 5) is 4.80. The monoisotopic (exact) mass is 616 g/mol. The molecule has 220 valence electrons. The van der Waals surface area contributed by atoms with E-state index in [1.807, 2.05) is 17.4 Å². The van der Waals surface area contributed by atoms with E-state index in [0.29, 0.717) is 0 Å². The predicted molar refractivity (Wildman–Crippen MR) is 202 cm³/mol. The van der Waals surface area contributed by atoms with Crippen molar-refractivity contribution >= 4 is 74.9 Å². The van der Waals surface area contributed by atoms with Gasteiger partial charge < -0.3 is 0 Å². The predicted octanol–water partition coefficient (Wildman–Crippen LogP) is 12.5. The molecule has 0 aliphatic carbocycles. The summed E-state index contributed by atoms with van der Waals surface area (Å²) < 4.78 is 4.93. The average Bonchev–Trinajstić information content (AvgIpc) is 3.67. The molecule has 10 rings (SSSR count). The average molecular weight is 617 g/mol. The first kappa shape index (κ1) is 26.4. The fraction of sp³-hybridized carbons (Fsp3) is 0.0227. The van der Waals surface area contributed by atoms with Crippen molar-refractivity contribution in [3.63, 3.8) is 0 Å². The Balaban J connectivity index is 1.19. The van der Waals surface area contributed by atoms with E-state index in [0.717, 1.165) is 22.5 Å². The second-order valence-corrected chi connectivity index (χ2v) is 13.4. The molecular formula is C44H28N2S. The van der Waals surface area contributed by atoms with Gasteiger partial charge in [0.1, 0.15) is 5.82 Å². The number of benzene rings is 8. The summed E-state index contributed by atoms with van der Waals surface area (Å²) in [6.45, 7) is 2.08. The van der Waals surface area contributed by atoms with Crippen LogP contribution in [0.3, 0.4) is 0 Å². The third-order valence-corrected chi connectivity index (χ3v) is 10.9. The molecule has 0 aliphatic heterocycles. The molecule has 2 heterocycles.